The van der Waals surface area contributed by atoms with Crippen LogP contribution in [-0.2, 0) is 27.4 Å². The van der Waals surface area contributed by atoms with E-state index in [1.54, 1.807) is 0 Å². The Bertz CT molecular complexity index is 1060. The van der Waals surface area contributed by atoms with E-state index in [2.05, 4.69) is 78.4 Å². The van der Waals surface area contributed by atoms with Crippen LogP contribution in [0.1, 0.15) is 115 Å². The number of benzene rings is 2. The van der Waals surface area contributed by atoms with Crippen LogP contribution in [0, 0.1) is 0 Å². The lowest BCUT2D eigenvalue weighted by Crippen LogP contribution is -2.34. The highest BCUT2D eigenvalue weighted by atomic mass is 16.6. The SMILES string of the molecule is CCCCCCCCCCCCCCCCOCC(COCc1ccc(C[n+]2cccc3ccccc32)cc1)OCC. The molecule has 3 aromatic rings. The molecule has 0 saturated heterocycles. The Labute approximate surface area is 256 Å². The van der Waals surface area contributed by atoms with Crippen LogP contribution >= 0.6 is 0 Å². The van der Waals surface area contributed by atoms with Crippen molar-refractivity contribution in [1.29, 1.82) is 0 Å². The summed E-state index contributed by atoms with van der Waals surface area (Å²) in [7, 11) is 0. The first-order valence-electron chi connectivity index (χ1n) is 17.0. The van der Waals surface area contributed by atoms with Gasteiger partial charge < -0.3 is 14.2 Å². The minimum Gasteiger partial charge on any atom is -0.379 e. The van der Waals surface area contributed by atoms with Crippen LogP contribution in [0.5, 0.6) is 0 Å². The van der Waals surface area contributed by atoms with Gasteiger partial charge in [-0.25, -0.2) is 0 Å². The van der Waals surface area contributed by atoms with E-state index >= 15 is 0 Å². The monoisotopic (exact) mass is 576 g/mol. The number of hydrogen-bond acceptors (Lipinski definition) is 3. The molecule has 3 rings (SSSR count). The topological polar surface area (TPSA) is 31.6 Å². The Morgan fingerprint density at radius 2 is 1.17 bits per heavy atom. The summed E-state index contributed by atoms with van der Waals surface area (Å²) < 4.78 is 20.1. The minimum atomic E-state index is -0.0105. The molecule has 42 heavy (non-hydrogen) atoms. The average Bonchev–Trinajstić information content (AvgIpc) is 3.02. The van der Waals surface area contributed by atoms with Gasteiger partial charge in [-0.3, -0.25) is 0 Å². The fourth-order valence-electron chi connectivity index (χ4n) is 5.60. The maximum atomic E-state index is 6.02. The van der Waals surface area contributed by atoms with Crippen molar-refractivity contribution >= 4 is 10.9 Å². The molecular weight excluding hydrogens is 518 g/mol. The summed E-state index contributed by atoms with van der Waals surface area (Å²) in [5.74, 6) is 0. The summed E-state index contributed by atoms with van der Waals surface area (Å²) in [5.41, 5.74) is 3.71. The van der Waals surface area contributed by atoms with Gasteiger partial charge in [0.15, 0.2) is 12.7 Å². The molecular formula is C38H58NO3+. The molecule has 0 spiro atoms. The molecule has 4 nitrogen and oxygen atoms in total. The first-order chi connectivity index (χ1) is 20.8. The maximum Gasteiger partial charge on any atom is 0.212 e. The smallest absolute Gasteiger partial charge is 0.212 e. The lowest BCUT2D eigenvalue weighted by atomic mass is 10.0. The number of rotatable bonds is 25. The van der Waals surface area contributed by atoms with E-state index in [0.29, 0.717) is 26.4 Å². The third kappa shape index (κ3) is 14.3. The number of aromatic nitrogens is 1. The number of para-hydroxylation sites is 1. The molecule has 2 aromatic carbocycles. The molecule has 232 valence electrons. The van der Waals surface area contributed by atoms with Gasteiger partial charge in [-0.1, -0.05) is 127 Å². The second-order valence-electron chi connectivity index (χ2n) is 11.8. The number of nitrogens with zero attached hydrogens (tertiary/aromatic N) is 1. The number of pyridine rings is 1. The van der Waals surface area contributed by atoms with Crippen molar-refractivity contribution in [3.8, 4) is 0 Å². The molecule has 0 aliphatic carbocycles. The zero-order valence-corrected chi connectivity index (χ0v) is 26.7. The zero-order valence-electron chi connectivity index (χ0n) is 26.7. The largest absolute Gasteiger partial charge is 0.379 e. The molecule has 0 fully saturated rings. The van der Waals surface area contributed by atoms with Gasteiger partial charge in [0.1, 0.15) is 6.10 Å². The van der Waals surface area contributed by atoms with Gasteiger partial charge in [0.25, 0.3) is 0 Å². The number of hydrogen-bond donors (Lipinski definition) is 0. The summed E-state index contributed by atoms with van der Waals surface area (Å²) in [6, 6.07) is 21.5. The molecule has 1 aromatic heterocycles. The van der Waals surface area contributed by atoms with Crippen LogP contribution in [0.3, 0.4) is 0 Å². The van der Waals surface area contributed by atoms with E-state index < -0.39 is 0 Å². The van der Waals surface area contributed by atoms with Crippen molar-refractivity contribution in [2.24, 2.45) is 0 Å². The molecule has 0 bridgehead atoms. The van der Waals surface area contributed by atoms with E-state index in [0.717, 1.165) is 19.6 Å². The Morgan fingerprint density at radius 3 is 1.83 bits per heavy atom. The first-order valence-corrected chi connectivity index (χ1v) is 17.0. The van der Waals surface area contributed by atoms with Gasteiger partial charge in [-0.05, 0) is 31.0 Å². The van der Waals surface area contributed by atoms with E-state index in [1.165, 1.54) is 106 Å². The van der Waals surface area contributed by atoms with Gasteiger partial charge in [-0.15, -0.1) is 0 Å². The van der Waals surface area contributed by atoms with Crippen molar-refractivity contribution in [1.82, 2.24) is 0 Å². The molecule has 1 atom stereocenters. The molecule has 4 heteroatoms. The second-order valence-corrected chi connectivity index (χ2v) is 11.8. The van der Waals surface area contributed by atoms with Crippen molar-refractivity contribution < 1.29 is 18.8 Å². The summed E-state index contributed by atoms with van der Waals surface area (Å²) in [6.07, 6.45) is 21.4. The van der Waals surface area contributed by atoms with Crippen LogP contribution in [0.15, 0.2) is 66.9 Å². The Hall–Kier alpha value is -2.27. The van der Waals surface area contributed by atoms with Crippen LogP contribution in [0.4, 0.5) is 0 Å². The predicted octanol–water partition coefficient (Wildman–Crippen LogP) is 9.60. The van der Waals surface area contributed by atoms with Crippen molar-refractivity contribution in [2.45, 2.75) is 123 Å². The predicted molar refractivity (Wildman–Crippen MR) is 176 cm³/mol. The summed E-state index contributed by atoms with van der Waals surface area (Å²) in [6.45, 7) is 8.42. The normalized spacial score (nSPS) is 12.2. The van der Waals surface area contributed by atoms with Gasteiger partial charge in [0.2, 0.25) is 5.52 Å². The zero-order chi connectivity index (χ0) is 29.5. The van der Waals surface area contributed by atoms with E-state index in [-0.39, 0.29) is 6.10 Å². The van der Waals surface area contributed by atoms with Crippen molar-refractivity contribution in [2.75, 3.05) is 26.4 Å². The van der Waals surface area contributed by atoms with E-state index in [4.69, 9.17) is 14.2 Å². The molecule has 0 aliphatic heterocycles. The molecule has 0 amide bonds. The highest BCUT2D eigenvalue weighted by Gasteiger charge is 2.11. The fraction of sp³-hybridized carbons (Fsp3) is 0.605. The third-order valence-electron chi connectivity index (χ3n) is 8.08. The summed E-state index contributed by atoms with van der Waals surface area (Å²) in [5, 5.41) is 1.26. The molecule has 1 heterocycles. The molecule has 0 saturated carbocycles. The minimum absolute atomic E-state index is 0.0105. The standard InChI is InChI=1S/C38H58NO3/c1-3-5-6-7-8-9-10-11-12-13-14-15-16-19-29-40-32-37(42-4-2)33-41-31-35-26-24-34(25-27-35)30-39-28-20-22-36-21-17-18-23-38(36)39/h17-18,20-28,37H,3-16,19,29-33H2,1-2H3/q+1. The van der Waals surface area contributed by atoms with Crippen LogP contribution in [0.2, 0.25) is 0 Å². The Balaban J connectivity index is 1.20. The molecule has 0 radical (unpaired) electrons. The number of unbranched alkanes of at least 4 members (excludes halogenated alkanes) is 13. The quantitative estimate of drug-likeness (QED) is 0.0743. The van der Waals surface area contributed by atoms with E-state index in [9.17, 15) is 0 Å². The Kier molecular flexibility index (Phi) is 18.2. The lowest BCUT2D eigenvalue weighted by Gasteiger charge is -2.17. The highest BCUT2D eigenvalue weighted by Crippen LogP contribution is 2.14. The third-order valence-corrected chi connectivity index (χ3v) is 8.08. The summed E-state index contributed by atoms with van der Waals surface area (Å²) in [4.78, 5) is 0. The highest BCUT2D eigenvalue weighted by molar-refractivity contribution is 5.74. The number of ether oxygens (including phenoxy) is 3. The van der Waals surface area contributed by atoms with Crippen molar-refractivity contribution in [3.63, 3.8) is 0 Å². The van der Waals surface area contributed by atoms with Crippen molar-refractivity contribution in [3.05, 3.63) is 78.0 Å². The molecule has 1 unspecified atom stereocenters. The summed E-state index contributed by atoms with van der Waals surface area (Å²) >= 11 is 0. The van der Waals surface area contributed by atoms with Crippen LogP contribution in [-0.4, -0.2) is 32.5 Å². The Morgan fingerprint density at radius 1 is 0.595 bits per heavy atom. The first kappa shape index (κ1) is 34.2. The van der Waals surface area contributed by atoms with Gasteiger partial charge in [-0.2, -0.15) is 4.57 Å². The molecule has 0 N–H and O–H groups in total. The van der Waals surface area contributed by atoms with E-state index in [1.807, 2.05) is 6.92 Å². The number of fused-ring (bicyclic) bond motifs is 1. The average molecular weight is 577 g/mol. The maximum absolute atomic E-state index is 6.02. The van der Waals surface area contributed by atoms with Gasteiger partial charge >= 0.3 is 0 Å². The van der Waals surface area contributed by atoms with Crippen LogP contribution < -0.4 is 4.57 Å². The van der Waals surface area contributed by atoms with Crippen LogP contribution in [0.25, 0.3) is 10.9 Å². The second kappa shape index (κ2) is 22.3. The van der Waals surface area contributed by atoms with Gasteiger partial charge in [0.05, 0.1) is 19.8 Å². The van der Waals surface area contributed by atoms with Gasteiger partial charge in [0, 0.05) is 36.3 Å². The lowest BCUT2D eigenvalue weighted by molar-refractivity contribution is -0.662. The molecule has 0 aliphatic rings. The fourth-order valence-corrected chi connectivity index (χ4v) is 5.60.